The van der Waals surface area contributed by atoms with E-state index in [-0.39, 0.29) is 41.9 Å². The highest BCUT2D eigenvalue weighted by Crippen LogP contribution is 2.23. The second kappa shape index (κ2) is 6.79. The summed E-state index contributed by atoms with van der Waals surface area (Å²) in [5.41, 5.74) is 0.927. The van der Waals surface area contributed by atoms with Gasteiger partial charge in [0.1, 0.15) is 5.71 Å². The number of nitrogens with one attached hydrogen (secondary N) is 1. The number of halogens is 1. The van der Waals surface area contributed by atoms with Gasteiger partial charge in [0.05, 0.1) is 23.2 Å². The highest BCUT2D eigenvalue weighted by atomic mass is 127. The van der Waals surface area contributed by atoms with E-state index in [2.05, 4.69) is 33.0 Å². The van der Waals surface area contributed by atoms with Crippen molar-refractivity contribution in [2.75, 3.05) is 16.8 Å². The number of hydrazone groups is 1. The predicted octanol–water partition coefficient (Wildman–Crippen LogP) is 1.40. The largest absolute Gasteiger partial charge is 0.320 e. The van der Waals surface area contributed by atoms with Crippen LogP contribution in [0.25, 0.3) is 0 Å². The number of sulfone groups is 1. The predicted molar refractivity (Wildman–Crippen MR) is 98.4 cm³/mol. The summed E-state index contributed by atoms with van der Waals surface area (Å²) in [7, 11) is -3.12. The van der Waals surface area contributed by atoms with Gasteiger partial charge in [0.25, 0.3) is 5.91 Å². The minimum absolute atomic E-state index is 0.0563. The first-order chi connectivity index (χ1) is 11.4. The van der Waals surface area contributed by atoms with Gasteiger partial charge in [-0.05, 0) is 41.1 Å². The summed E-state index contributed by atoms with van der Waals surface area (Å²) < 4.78 is 24.1. The molecule has 1 fully saturated rings. The zero-order valence-electron chi connectivity index (χ0n) is 12.7. The van der Waals surface area contributed by atoms with Crippen molar-refractivity contribution in [3.63, 3.8) is 0 Å². The molecule has 2 aliphatic heterocycles. The van der Waals surface area contributed by atoms with Crippen LogP contribution in [0, 0.1) is 3.57 Å². The van der Waals surface area contributed by atoms with Crippen molar-refractivity contribution in [1.82, 2.24) is 5.01 Å². The van der Waals surface area contributed by atoms with Crippen LogP contribution in [0.1, 0.15) is 19.3 Å². The molecule has 0 saturated carbocycles. The number of hydrogen-bond donors (Lipinski definition) is 1. The number of carbonyl (C=O) groups is 2. The number of hydrogen-bond acceptors (Lipinski definition) is 5. The molecule has 24 heavy (non-hydrogen) atoms. The Labute approximate surface area is 153 Å². The van der Waals surface area contributed by atoms with Crippen molar-refractivity contribution in [3.8, 4) is 0 Å². The van der Waals surface area contributed by atoms with E-state index in [1.54, 1.807) is 6.07 Å². The topological polar surface area (TPSA) is 95.9 Å². The molecule has 1 saturated heterocycles. The first-order valence-corrected chi connectivity index (χ1v) is 10.4. The van der Waals surface area contributed by atoms with E-state index < -0.39 is 15.9 Å². The lowest BCUT2D eigenvalue weighted by molar-refractivity contribution is -0.133. The summed E-state index contributed by atoms with van der Waals surface area (Å²) in [4.78, 5) is 24.5. The average molecular weight is 461 g/mol. The Morgan fingerprint density at radius 3 is 2.71 bits per heavy atom. The van der Waals surface area contributed by atoms with Gasteiger partial charge in [-0.25, -0.2) is 13.4 Å². The smallest absolute Gasteiger partial charge is 0.271 e. The van der Waals surface area contributed by atoms with E-state index >= 15 is 0 Å². The van der Waals surface area contributed by atoms with E-state index in [9.17, 15) is 18.0 Å². The minimum Gasteiger partial charge on any atom is -0.320 e. The van der Waals surface area contributed by atoms with Gasteiger partial charge in [0.15, 0.2) is 9.84 Å². The molecular formula is C15H16IN3O4S. The van der Waals surface area contributed by atoms with Gasteiger partial charge >= 0.3 is 0 Å². The number of anilines is 1. The lowest BCUT2D eigenvalue weighted by Crippen LogP contribution is -2.42. The van der Waals surface area contributed by atoms with Crippen molar-refractivity contribution < 1.29 is 18.0 Å². The molecule has 1 aromatic rings. The number of amides is 2. The molecule has 2 aliphatic rings. The highest BCUT2D eigenvalue weighted by Gasteiger charge is 2.37. The molecule has 1 atom stereocenters. The van der Waals surface area contributed by atoms with Gasteiger partial charge in [-0.2, -0.15) is 5.10 Å². The quantitative estimate of drug-likeness (QED) is 0.689. The van der Waals surface area contributed by atoms with Crippen LogP contribution in [0.3, 0.4) is 0 Å². The number of carbonyl (C=O) groups excluding carboxylic acids is 2. The lowest BCUT2D eigenvalue weighted by Gasteiger charge is -2.27. The van der Waals surface area contributed by atoms with Gasteiger partial charge in [-0.3, -0.25) is 9.59 Å². The first-order valence-electron chi connectivity index (χ1n) is 7.51. The van der Waals surface area contributed by atoms with E-state index in [0.29, 0.717) is 12.1 Å². The first kappa shape index (κ1) is 17.3. The highest BCUT2D eigenvalue weighted by molar-refractivity contribution is 14.1. The summed E-state index contributed by atoms with van der Waals surface area (Å²) in [5.74, 6) is -0.630. The van der Waals surface area contributed by atoms with Gasteiger partial charge in [-0.1, -0.05) is 12.1 Å². The average Bonchev–Trinajstić information content (AvgIpc) is 2.90. The molecule has 2 amide bonds. The molecule has 0 bridgehead atoms. The summed E-state index contributed by atoms with van der Waals surface area (Å²) in [5, 5.41) is 8.14. The third-order valence-corrected chi connectivity index (χ3v) is 6.69. The summed E-state index contributed by atoms with van der Waals surface area (Å²) >= 11 is 2.12. The Morgan fingerprint density at radius 2 is 2.04 bits per heavy atom. The van der Waals surface area contributed by atoms with E-state index in [1.165, 1.54) is 5.01 Å². The van der Waals surface area contributed by atoms with Gasteiger partial charge < -0.3 is 5.32 Å². The van der Waals surface area contributed by atoms with Crippen molar-refractivity contribution in [2.45, 2.75) is 25.3 Å². The molecule has 0 radical (unpaired) electrons. The summed E-state index contributed by atoms with van der Waals surface area (Å²) in [6, 6.07) is 6.88. The zero-order valence-corrected chi connectivity index (χ0v) is 15.7. The second-order valence-corrected chi connectivity index (χ2v) is 9.17. The molecule has 2 heterocycles. The summed E-state index contributed by atoms with van der Waals surface area (Å²) in [6.45, 7) is 0. The third-order valence-electron chi connectivity index (χ3n) is 4.00. The van der Waals surface area contributed by atoms with E-state index in [1.807, 2.05) is 18.2 Å². The Kier molecular flexibility index (Phi) is 4.90. The minimum atomic E-state index is -3.12. The fourth-order valence-electron chi connectivity index (χ4n) is 2.75. The molecule has 7 nitrogen and oxygen atoms in total. The Morgan fingerprint density at radius 1 is 1.29 bits per heavy atom. The normalized spacial score (nSPS) is 23.0. The maximum Gasteiger partial charge on any atom is 0.271 e. The molecule has 1 N–H and O–H groups in total. The molecule has 128 valence electrons. The van der Waals surface area contributed by atoms with Crippen LogP contribution in [0.2, 0.25) is 0 Å². The van der Waals surface area contributed by atoms with E-state index in [4.69, 9.17) is 0 Å². The fourth-order valence-corrected chi connectivity index (χ4v) is 4.96. The van der Waals surface area contributed by atoms with Crippen LogP contribution < -0.4 is 5.32 Å². The molecular weight excluding hydrogens is 445 g/mol. The summed E-state index contributed by atoms with van der Waals surface area (Å²) in [6.07, 6.45) is 0.780. The van der Waals surface area contributed by atoms with Gasteiger partial charge in [-0.15, -0.1) is 0 Å². The third kappa shape index (κ3) is 3.77. The van der Waals surface area contributed by atoms with Crippen molar-refractivity contribution in [2.24, 2.45) is 5.10 Å². The number of benzene rings is 1. The molecule has 0 unspecified atom stereocenters. The van der Waals surface area contributed by atoms with Gasteiger partial charge in [0.2, 0.25) is 5.91 Å². The maximum absolute atomic E-state index is 12.4. The Bertz CT molecular complexity index is 822. The molecule has 0 spiro atoms. The van der Waals surface area contributed by atoms with Crippen LogP contribution in [-0.2, 0) is 19.4 Å². The van der Waals surface area contributed by atoms with Crippen molar-refractivity contribution >= 4 is 55.6 Å². The van der Waals surface area contributed by atoms with Crippen LogP contribution in [0.5, 0.6) is 0 Å². The van der Waals surface area contributed by atoms with E-state index in [0.717, 1.165) is 3.57 Å². The van der Waals surface area contributed by atoms with Crippen LogP contribution in [0.4, 0.5) is 5.69 Å². The molecule has 0 aromatic heterocycles. The number of para-hydroxylation sites is 1. The molecule has 0 aliphatic carbocycles. The monoisotopic (exact) mass is 461 g/mol. The van der Waals surface area contributed by atoms with Crippen molar-refractivity contribution in [3.05, 3.63) is 27.8 Å². The molecule has 9 heteroatoms. The number of nitrogens with zero attached hydrogens (tertiary/aromatic N) is 2. The van der Waals surface area contributed by atoms with Gasteiger partial charge in [0, 0.05) is 16.4 Å². The lowest BCUT2D eigenvalue weighted by atomic mass is 10.1. The fraction of sp³-hybridized carbons (Fsp3) is 0.400. The SMILES string of the molecule is O=C(Nc1ccccc1I)C1=NN([C@H]2CCS(=O)(=O)C2)C(=O)CC1. The second-order valence-electron chi connectivity index (χ2n) is 5.78. The zero-order chi connectivity index (χ0) is 17.3. The standard InChI is InChI=1S/C15H16IN3O4S/c16-11-3-1-2-4-12(11)17-15(21)13-5-6-14(20)19(18-13)10-7-8-24(22,23)9-10/h1-4,10H,5-9H2,(H,17,21)/t10-/m0/s1. The Hall–Kier alpha value is -1.49. The van der Waals surface area contributed by atoms with Crippen LogP contribution in [-0.4, -0.2) is 48.5 Å². The molecule has 3 rings (SSSR count). The van der Waals surface area contributed by atoms with Crippen LogP contribution >= 0.6 is 22.6 Å². The number of rotatable bonds is 3. The Balaban J connectivity index is 1.78. The molecule has 1 aromatic carbocycles. The maximum atomic E-state index is 12.4. The van der Waals surface area contributed by atoms with Crippen LogP contribution in [0.15, 0.2) is 29.4 Å². The van der Waals surface area contributed by atoms with Crippen molar-refractivity contribution in [1.29, 1.82) is 0 Å².